The average Bonchev–Trinajstić information content (AvgIpc) is 2.85. The summed E-state index contributed by atoms with van der Waals surface area (Å²) in [6, 6.07) is 1.84. The van der Waals surface area contributed by atoms with Gasteiger partial charge in [0.2, 0.25) is 5.65 Å². The van der Waals surface area contributed by atoms with Crippen molar-refractivity contribution in [3.63, 3.8) is 0 Å². The molecule has 0 aliphatic rings. The lowest BCUT2D eigenvalue weighted by molar-refractivity contribution is -0.0500. The van der Waals surface area contributed by atoms with Gasteiger partial charge in [0.1, 0.15) is 5.82 Å². The lowest BCUT2D eigenvalue weighted by Crippen LogP contribution is -2.28. The molecule has 3 rings (SSSR count). The molecule has 0 saturated heterocycles. The normalized spacial score (nSPS) is 12.9. The average molecular weight is 370 g/mol. The molecule has 0 unspecified atom stereocenters. The predicted molar refractivity (Wildman–Crippen MR) is 71.1 cm³/mol. The highest BCUT2D eigenvalue weighted by Gasteiger charge is 2.49. The number of nitrogens with zero attached hydrogens (tertiary/aromatic N) is 3. The van der Waals surface area contributed by atoms with E-state index in [1.165, 1.54) is 12.4 Å². The summed E-state index contributed by atoms with van der Waals surface area (Å²) in [6.07, 6.45) is 2.46. The summed E-state index contributed by atoms with van der Waals surface area (Å²) in [5.41, 5.74) is -6.03. The second-order valence-electron chi connectivity index (χ2n) is 4.28. The largest absolute Gasteiger partial charge is 0.534 e. The first kappa shape index (κ1) is 15.7. The SMILES string of the molecule is O=S(=O)(Oc1nc2cc(F)cc(Cl)c2n2ccnc12)C(F)(F)F. The van der Waals surface area contributed by atoms with Crippen molar-refractivity contribution >= 4 is 38.4 Å². The molecule has 0 aliphatic carbocycles. The smallest absolute Gasteiger partial charge is 0.351 e. The third kappa shape index (κ3) is 2.55. The minimum atomic E-state index is -5.95. The number of fused-ring (bicyclic) bond motifs is 3. The Balaban J connectivity index is 2.31. The first-order valence-electron chi connectivity index (χ1n) is 5.73. The summed E-state index contributed by atoms with van der Waals surface area (Å²) in [7, 11) is -5.95. The fourth-order valence-corrected chi connectivity index (χ4v) is 2.59. The second-order valence-corrected chi connectivity index (χ2v) is 6.22. The molecular formula is C11H4ClF4N3O3S. The highest BCUT2D eigenvalue weighted by molar-refractivity contribution is 7.88. The first-order chi connectivity index (χ1) is 10.6. The fraction of sp³-hybridized carbons (Fsp3) is 0.0909. The van der Waals surface area contributed by atoms with Gasteiger partial charge in [-0.05, 0) is 6.07 Å². The molecule has 2 aromatic heterocycles. The van der Waals surface area contributed by atoms with Crippen molar-refractivity contribution in [1.29, 1.82) is 0 Å². The molecule has 0 fully saturated rings. The molecule has 122 valence electrons. The van der Waals surface area contributed by atoms with Crippen LogP contribution < -0.4 is 4.18 Å². The third-order valence-electron chi connectivity index (χ3n) is 2.78. The molecule has 23 heavy (non-hydrogen) atoms. The minimum absolute atomic E-state index is 0.0827. The fourth-order valence-electron chi connectivity index (χ4n) is 1.88. The number of imidazole rings is 1. The maximum atomic E-state index is 13.4. The van der Waals surface area contributed by atoms with E-state index in [4.69, 9.17) is 11.6 Å². The summed E-state index contributed by atoms with van der Waals surface area (Å²) < 4.78 is 78.1. The Kier molecular flexibility index (Phi) is 3.37. The Hall–Kier alpha value is -2.14. The van der Waals surface area contributed by atoms with E-state index in [-0.39, 0.29) is 21.7 Å². The Bertz CT molecular complexity index is 1030. The minimum Gasteiger partial charge on any atom is -0.351 e. The van der Waals surface area contributed by atoms with E-state index >= 15 is 0 Å². The summed E-state index contributed by atoms with van der Waals surface area (Å²) in [6.45, 7) is 0. The van der Waals surface area contributed by atoms with E-state index in [9.17, 15) is 26.0 Å². The van der Waals surface area contributed by atoms with Gasteiger partial charge in [0, 0.05) is 18.5 Å². The standard InChI is InChI=1S/C11H4ClF4N3O3S/c12-6-3-5(13)4-7-8(6)19-2-1-17-9(19)10(18-7)22-23(20,21)11(14,15)16/h1-4H. The maximum Gasteiger partial charge on any atom is 0.534 e. The van der Waals surface area contributed by atoms with Crippen molar-refractivity contribution in [2.45, 2.75) is 5.51 Å². The summed E-state index contributed by atoms with van der Waals surface area (Å²) in [5.74, 6) is -1.75. The number of alkyl halides is 3. The van der Waals surface area contributed by atoms with Crippen LogP contribution in [0.15, 0.2) is 24.5 Å². The van der Waals surface area contributed by atoms with Gasteiger partial charge >= 0.3 is 15.6 Å². The molecule has 2 heterocycles. The molecule has 0 bridgehead atoms. The van der Waals surface area contributed by atoms with Crippen LogP contribution in [-0.2, 0) is 10.1 Å². The van der Waals surface area contributed by atoms with Crippen LogP contribution in [-0.4, -0.2) is 28.3 Å². The van der Waals surface area contributed by atoms with Crippen LogP contribution in [0.5, 0.6) is 5.88 Å². The van der Waals surface area contributed by atoms with Gasteiger partial charge in [0.15, 0.2) is 0 Å². The highest BCUT2D eigenvalue weighted by atomic mass is 35.5. The molecule has 0 radical (unpaired) electrons. The number of hydrogen-bond donors (Lipinski definition) is 0. The van der Waals surface area contributed by atoms with Crippen molar-refractivity contribution in [2.24, 2.45) is 0 Å². The zero-order valence-electron chi connectivity index (χ0n) is 10.7. The maximum absolute atomic E-state index is 13.4. The van der Waals surface area contributed by atoms with Crippen LogP contribution in [0.4, 0.5) is 17.6 Å². The Labute approximate surface area is 130 Å². The van der Waals surface area contributed by atoms with Gasteiger partial charge in [-0.1, -0.05) is 11.6 Å². The van der Waals surface area contributed by atoms with E-state index in [0.717, 1.165) is 16.5 Å². The second kappa shape index (κ2) is 4.93. The third-order valence-corrected chi connectivity index (χ3v) is 4.01. The van der Waals surface area contributed by atoms with Crippen LogP contribution in [0.1, 0.15) is 0 Å². The van der Waals surface area contributed by atoms with Crippen molar-refractivity contribution < 1.29 is 30.2 Å². The Morgan fingerprint density at radius 1 is 1.26 bits per heavy atom. The topological polar surface area (TPSA) is 73.6 Å². The van der Waals surface area contributed by atoms with Gasteiger partial charge in [0.25, 0.3) is 5.88 Å². The molecule has 0 N–H and O–H groups in total. The number of hydrogen-bond acceptors (Lipinski definition) is 5. The van der Waals surface area contributed by atoms with Crippen molar-refractivity contribution in [2.75, 3.05) is 0 Å². The van der Waals surface area contributed by atoms with E-state index in [0.29, 0.717) is 0 Å². The molecule has 0 aliphatic heterocycles. The number of benzene rings is 1. The van der Waals surface area contributed by atoms with Gasteiger partial charge < -0.3 is 4.18 Å². The van der Waals surface area contributed by atoms with Gasteiger partial charge in [-0.15, -0.1) is 0 Å². The first-order valence-corrected chi connectivity index (χ1v) is 7.51. The quantitative estimate of drug-likeness (QED) is 0.394. The molecule has 6 nitrogen and oxygen atoms in total. The van der Waals surface area contributed by atoms with Crippen LogP contribution in [0.2, 0.25) is 5.02 Å². The van der Waals surface area contributed by atoms with Crippen molar-refractivity contribution in [3.8, 4) is 5.88 Å². The number of halogens is 5. The van der Waals surface area contributed by atoms with Crippen molar-refractivity contribution in [3.05, 3.63) is 35.4 Å². The van der Waals surface area contributed by atoms with E-state index in [1.54, 1.807) is 0 Å². The lowest BCUT2D eigenvalue weighted by Gasteiger charge is -2.11. The lowest BCUT2D eigenvalue weighted by atomic mass is 10.3. The predicted octanol–water partition coefficient (Wildman–Crippen LogP) is 2.90. The van der Waals surface area contributed by atoms with Crippen LogP contribution in [0.25, 0.3) is 16.7 Å². The van der Waals surface area contributed by atoms with Crippen LogP contribution in [0, 0.1) is 5.82 Å². The number of rotatable bonds is 2. The Morgan fingerprint density at radius 3 is 2.61 bits per heavy atom. The Morgan fingerprint density at radius 2 is 1.96 bits per heavy atom. The zero-order chi connectivity index (χ0) is 17.0. The molecular weight excluding hydrogens is 366 g/mol. The highest BCUT2D eigenvalue weighted by Crippen LogP contribution is 2.32. The molecule has 0 spiro atoms. The summed E-state index contributed by atoms with van der Waals surface area (Å²) >= 11 is 5.89. The molecule has 0 saturated carbocycles. The molecule has 1 aromatic carbocycles. The van der Waals surface area contributed by atoms with Gasteiger partial charge in [-0.3, -0.25) is 4.40 Å². The number of aromatic nitrogens is 3. The summed E-state index contributed by atoms with van der Waals surface area (Å²) in [5, 5.41) is -0.0827. The van der Waals surface area contributed by atoms with Crippen molar-refractivity contribution in [1.82, 2.24) is 14.4 Å². The van der Waals surface area contributed by atoms with E-state index < -0.39 is 27.3 Å². The van der Waals surface area contributed by atoms with Gasteiger partial charge in [0.05, 0.1) is 16.1 Å². The van der Waals surface area contributed by atoms with Crippen LogP contribution in [0.3, 0.4) is 0 Å². The zero-order valence-corrected chi connectivity index (χ0v) is 12.2. The van der Waals surface area contributed by atoms with E-state index in [2.05, 4.69) is 14.2 Å². The van der Waals surface area contributed by atoms with Crippen LogP contribution >= 0.6 is 11.6 Å². The monoisotopic (exact) mass is 369 g/mol. The summed E-state index contributed by atoms with van der Waals surface area (Å²) in [4.78, 5) is 7.28. The van der Waals surface area contributed by atoms with Gasteiger partial charge in [-0.2, -0.15) is 21.6 Å². The molecule has 3 aromatic rings. The molecule has 0 amide bonds. The van der Waals surface area contributed by atoms with E-state index in [1.807, 2.05) is 0 Å². The molecule has 12 heteroatoms. The van der Waals surface area contributed by atoms with Gasteiger partial charge in [-0.25, -0.2) is 14.4 Å². The molecule has 0 atom stereocenters.